The number of hydrogen-bond acceptors (Lipinski definition) is 2. The summed E-state index contributed by atoms with van der Waals surface area (Å²) in [5.41, 5.74) is 0.836. The van der Waals surface area contributed by atoms with Crippen LogP contribution in [0.1, 0.15) is 5.56 Å². The minimum Gasteiger partial charge on any atom is -0.282 e. The molecule has 0 atom stereocenters. The molecule has 0 unspecified atom stereocenters. The van der Waals surface area contributed by atoms with Gasteiger partial charge in [-0.3, -0.25) is 4.55 Å². The molecule has 0 aliphatic rings. The van der Waals surface area contributed by atoms with Gasteiger partial charge in [0.05, 0.1) is 0 Å². The molecule has 0 aliphatic heterocycles. The van der Waals surface area contributed by atoms with Gasteiger partial charge in [-0.1, -0.05) is 43.0 Å². The van der Waals surface area contributed by atoms with Crippen molar-refractivity contribution in [1.82, 2.24) is 0 Å². The third-order valence-corrected chi connectivity index (χ3v) is 3.33. The average Bonchev–Trinajstić information content (AvgIpc) is 2.26. The van der Waals surface area contributed by atoms with Crippen LogP contribution in [0.15, 0.2) is 47.9 Å². The number of rotatable bonds is 2. The summed E-state index contributed by atoms with van der Waals surface area (Å²) < 4.78 is 31.4. The van der Waals surface area contributed by atoms with E-state index in [0.29, 0.717) is 5.39 Å². The zero-order valence-corrected chi connectivity index (χ0v) is 12.2. The maximum atomic E-state index is 11.2. The second kappa shape index (κ2) is 5.33. The Morgan fingerprint density at radius 2 is 1.65 bits per heavy atom. The van der Waals surface area contributed by atoms with E-state index < -0.39 is 10.1 Å². The van der Waals surface area contributed by atoms with Crippen LogP contribution in [0.3, 0.4) is 0 Å². The van der Waals surface area contributed by atoms with Crippen molar-refractivity contribution in [2.45, 2.75) is 4.90 Å². The molecule has 0 fully saturated rings. The van der Waals surface area contributed by atoms with Gasteiger partial charge in [0.1, 0.15) is 4.90 Å². The predicted molar refractivity (Wildman–Crippen MR) is 69.6 cm³/mol. The van der Waals surface area contributed by atoms with Gasteiger partial charge in [0, 0.05) is 34.9 Å². The zero-order chi connectivity index (χ0) is 11.8. The van der Waals surface area contributed by atoms with E-state index in [2.05, 4.69) is 6.58 Å². The predicted octanol–water partition coefficient (Wildman–Crippen LogP) is 2.35. The molecule has 17 heavy (non-hydrogen) atoms. The van der Waals surface area contributed by atoms with Crippen molar-refractivity contribution in [3.63, 3.8) is 0 Å². The smallest absolute Gasteiger partial charge is 0.282 e. The maximum Gasteiger partial charge on any atom is 0.295 e. The largest absolute Gasteiger partial charge is 0.295 e. The molecule has 0 amide bonds. The Labute approximate surface area is 122 Å². The normalized spacial score (nSPS) is 10.9. The van der Waals surface area contributed by atoms with E-state index in [0.717, 1.165) is 10.9 Å². The van der Waals surface area contributed by atoms with E-state index in [9.17, 15) is 8.42 Å². The molecule has 0 aliphatic carbocycles. The molecule has 0 bridgehead atoms. The fraction of sp³-hybridized carbons (Fsp3) is 0. The van der Waals surface area contributed by atoms with Crippen LogP contribution in [0.25, 0.3) is 16.8 Å². The second-order valence-corrected chi connectivity index (χ2v) is 4.77. The van der Waals surface area contributed by atoms with Gasteiger partial charge < -0.3 is 0 Å². The molecule has 2 rings (SSSR count). The molecule has 1 radical (unpaired) electrons. The van der Waals surface area contributed by atoms with Crippen molar-refractivity contribution >= 4 is 56.5 Å². The van der Waals surface area contributed by atoms with Crippen molar-refractivity contribution in [3.8, 4) is 0 Å². The first-order valence-electron chi connectivity index (χ1n) is 4.65. The summed E-state index contributed by atoms with van der Waals surface area (Å²) in [5, 5.41) is 1.26. The minimum atomic E-state index is -4.19. The second-order valence-electron chi connectivity index (χ2n) is 3.38. The topological polar surface area (TPSA) is 54.4 Å². The van der Waals surface area contributed by atoms with Crippen LogP contribution < -0.4 is 0 Å². The van der Waals surface area contributed by atoms with E-state index in [1.54, 1.807) is 30.3 Å². The summed E-state index contributed by atoms with van der Waals surface area (Å²) in [4.78, 5) is -0.0753. The number of hydrogen-bond donors (Lipinski definition) is 1. The molecule has 83 valence electrons. The quantitative estimate of drug-likeness (QED) is 0.663. The van der Waals surface area contributed by atoms with Crippen LogP contribution >= 0.6 is 0 Å². The molecule has 2 aromatic rings. The van der Waals surface area contributed by atoms with Crippen LogP contribution in [0, 0.1) is 0 Å². The van der Waals surface area contributed by atoms with Gasteiger partial charge in [-0.05, 0) is 17.0 Å². The summed E-state index contributed by atoms with van der Waals surface area (Å²) in [6.07, 6.45) is 1.65. The Bertz CT molecular complexity index is 663. The fourth-order valence-electron chi connectivity index (χ4n) is 1.70. The maximum absolute atomic E-state index is 11.2. The third-order valence-electron chi connectivity index (χ3n) is 2.42. The first kappa shape index (κ1) is 14.4. The minimum absolute atomic E-state index is 0. The Balaban J connectivity index is 0.00000144. The molecule has 2 aromatic carbocycles. The molecule has 0 heterocycles. The fourth-order valence-corrected chi connectivity index (χ4v) is 2.39. The molecule has 3 nitrogen and oxygen atoms in total. The Kier molecular flexibility index (Phi) is 4.52. The van der Waals surface area contributed by atoms with E-state index in [1.165, 1.54) is 6.07 Å². The van der Waals surface area contributed by atoms with Gasteiger partial charge >= 0.3 is 0 Å². The van der Waals surface area contributed by atoms with Gasteiger partial charge in [0.2, 0.25) is 0 Å². The zero-order valence-electron chi connectivity index (χ0n) is 9.42. The van der Waals surface area contributed by atoms with Gasteiger partial charge in [0.25, 0.3) is 10.1 Å². The van der Waals surface area contributed by atoms with Crippen LogP contribution in [-0.4, -0.2) is 42.5 Å². The van der Waals surface area contributed by atoms with Crippen LogP contribution in [0.2, 0.25) is 0 Å². The van der Waals surface area contributed by atoms with E-state index in [1.807, 2.05) is 6.07 Å². The first-order chi connectivity index (χ1) is 7.54. The first-order valence-corrected chi connectivity index (χ1v) is 6.10. The molecule has 0 spiro atoms. The SMILES string of the molecule is C=Cc1ccc(S(=O)(=O)O)c2ccccc12.[Na]. The summed E-state index contributed by atoms with van der Waals surface area (Å²) in [6, 6.07) is 9.99. The van der Waals surface area contributed by atoms with Gasteiger partial charge in [0.15, 0.2) is 0 Å². The molecular weight excluding hydrogens is 247 g/mol. The van der Waals surface area contributed by atoms with Crippen LogP contribution in [0.5, 0.6) is 0 Å². The van der Waals surface area contributed by atoms with Crippen molar-refractivity contribution in [3.05, 3.63) is 48.5 Å². The molecule has 0 aromatic heterocycles. The Hall–Kier alpha value is -0.650. The molecule has 5 heteroatoms. The summed E-state index contributed by atoms with van der Waals surface area (Å²) in [6.45, 7) is 3.66. The van der Waals surface area contributed by atoms with Crippen LogP contribution in [0.4, 0.5) is 0 Å². The van der Waals surface area contributed by atoms with Gasteiger partial charge in [-0.2, -0.15) is 8.42 Å². The van der Waals surface area contributed by atoms with E-state index >= 15 is 0 Å². The summed E-state index contributed by atoms with van der Waals surface area (Å²) in [5.74, 6) is 0. The molecule has 0 saturated carbocycles. The monoisotopic (exact) mass is 257 g/mol. The molecule has 0 saturated heterocycles. The van der Waals surface area contributed by atoms with Crippen LogP contribution in [-0.2, 0) is 10.1 Å². The molecular formula is C12H10NaO3S. The van der Waals surface area contributed by atoms with Gasteiger partial charge in [-0.25, -0.2) is 0 Å². The Morgan fingerprint density at radius 1 is 1.06 bits per heavy atom. The van der Waals surface area contributed by atoms with Crippen molar-refractivity contribution in [2.75, 3.05) is 0 Å². The average molecular weight is 257 g/mol. The Morgan fingerprint density at radius 3 is 2.18 bits per heavy atom. The third kappa shape index (κ3) is 2.78. The van der Waals surface area contributed by atoms with E-state index in [-0.39, 0.29) is 34.5 Å². The van der Waals surface area contributed by atoms with Crippen molar-refractivity contribution < 1.29 is 13.0 Å². The summed E-state index contributed by atoms with van der Waals surface area (Å²) in [7, 11) is -4.19. The van der Waals surface area contributed by atoms with E-state index in [4.69, 9.17) is 4.55 Å². The number of fused-ring (bicyclic) bond motifs is 1. The van der Waals surface area contributed by atoms with Crippen molar-refractivity contribution in [2.24, 2.45) is 0 Å². The summed E-state index contributed by atoms with van der Waals surface area (Å²) >= 11 is 0. The van der Waals surface area contributed by atoms with Gasteiger partial charge in [-0.15, -0.1) is 0 Å². The van der Waals surface area contributed by atoms with Crippen molar-refractivity contribution in [1.29, 1.82) is 0 Å². The standard InChI is InChI=1S/C12H10O3S.Na/c1-2-9-7-8-12(16(13,14)15)11-6-4-3-5-10(9)11;/h2-8H,1H2,(H,13,14,15);. The number of benzene rings is 2. The molecule has 1 N–H and O–H groups in total.